The van der Waals surface area contributed by atoms with Crippen LogP contribution in [0.3, 0.4) is 0 Å². The van der Waals surface area contributed by atoms with Gasteiger partial charge in [-0.2, -0.15) is 0 Å². The summed E-state index contributed by atoms with van der Waals surface area (Å²) in [5.74, 6) is 1.99. The molecule has 0 spiro atoms. The third-order valence-electron chi connectivity index (χ3n) is 4.54. The minimum Gasteiger partial charge on any atom is -0.497 e. The van der Waals surface area contributed by atoms with Crippen LogP contribution in [0.1, 0.15) is 31.4 Å². The quantitative estimate of drug-likeness (QED) is 0.831. The SMILES string of the molecule is COc1ccc(C=C2C(c3cccnc3)=NC(C)CC2C)c(OC)c1. The lowest BCUT2D eigenvalue weighted by Gasteiger charge is -2.27. The number of benzene rings is 1. The van der Waals surface area contributed by atoms with Crippen LogP contribution in [0.4, 0.5) is 0 Å². The summed E-state index contributed by atoms with van der Waals surface area (Å²) in [5.41, 5.74) is 4.32. The molecular formula is C21H24N2O2. The third-order valence-corrected chi connectivity index (χ3v) is 4.54. The Bertz CT molecular complexity index is 797. The standard InChI is InChI=1S/C21H24N2O2/c1-14-10-15(2)23-21(17-6-5-9-22-13-17)19(14)11-16-7-8-18(24-3)12-20(16)25-4/h5-9,11-15H,10H2,1-4H3. The maximum absolute atomic E-state index is 5.55. The Labute approximate surface area is 149 Å². The summed E-state index contributed by atoms with van der Waals surface area (Å²) < 4.78 is 10.8. The van der Waals surface area contributed by atoms with Crippen LogP contribution in [-0.4, -0.2) is 31.0 Å². The molecule has 0 N–H and O–H groups in total. The zero-order valence-electron chi connectivity index (χ0n) is 15.2. The second-order valence-corrected chi connectivity index (χ2v) is 6.41. The molecular weight excluding hydrogens is 312 g/mol. The molecule has 1 aromatic heterocycles. The van der Waals surface area contributed by atoms with Crippen LogP contribution < -0.4 is 9.47 Å². The lowest BCUT2D eigenvalue weighted by atomic mass is 9.84. The Balaban J connectivity index is 2.09. The van der Waals surface area contributed by atoms with Crippen LogP contribution in [0, 0.1) is 5.92 Å². The van der Waals surface area contributed by atoms with Crippen LogP contribution in [0.15, 0.2) is 53.3 Å². The average molecular weight is 336 g/mol. The molecule has 1 aliphatic rings. The highest BCUT2D eigenvalue weighted by Gasteiger charge is 2.24. The molecule has 0 fully saturated rings. The first-order valence-corrected chi connectivity index (χ1v) is 8.54. The Hall–Kier alpha value is -2.62. The van der Waals surface area contributed by atoms with Crippen molar-refractivity contribution in [1.82, 2.24) is 4.98 Å². The van der Waals surface area contributed by atoms with Crippen molar-refractivity contribution in [2.75, 3.05) is 14.2 Å². The second-order valence-electron chi connectivity index (χ2n) is 6.41. The molecule has 2 atom stereocenters. The van der Waals surface area contributed by atoms with Crippen molar-refractivity contribution in [3.63, 3.8) is 0 Å². The molecule has 4 nitrogen and oxygen atoms in total. The average Bonchev–Trinajstić information content (AvgIpc) is 2.64. The van der Waals surface area contributed by atoms with Gasteiger partial charge < -0.3 is 9.47 Å². The van der Waals surface area contributed by atoms with Gasteiger partial charge in [0.05, 0.1) is 19.9 Å². The zero-order chi connectivity index (χ0) is 17.8. The van der Waals surface area contributed by atoms with E-state index in [2.05, 4.69) is 31.0 Å². The number of ether oxygens (including phenoxy) is 2. The van der Waals surface area contributed by atoms with Gasteiger partial charge in [-0.15, -0.1) is 0 Å². The van der Waals surface area contributed by atoms with E-state index in [1.54, 1.807) is 20.4 Å². The monoisotopic (exact) mass is 336 g/mol. The van der Waals surface area contributed by atoms with Crippen molar-refractivity contribution < 1.29 is 9.47 Å². The van der Waals surface area contributed by atoms with Gasteiger partial charge in [0.25, 0.3) is 0 Å². The third kappa shape index (κ3) is 3.73. The maximum atomic E-state index is 5.55. The molecule has 0 aliphatic carbocycles. The van der Waals surface area contributed by atoms with Crippen LogP contribution in [0.5, 0.6) is 11.5 Å². The first-order valence-electron chi connectivity index (χ1n) is 8.54. The zero-order valence-corrected chi connectivity index (χ0v) is 15.2. The number of aliphatic imine (C=N–C) groups is 1. The lowest BCUT2D eigenvalue weighted by Crippen LogP contribution is -2.23. The molecule has 1 aliphatic heterocycles. The van der Waals surface area contributed by atoms with E-state index in [0.29, 0.717) is 12.0 Å². The Morgan fingerprint density at radius 1 is 1.12 bits per heavy atom. The summed E-state index contributed by atoms with van der Waals surface area (Å²) in [7, 11) is 3.34. The molecule has 1 aromatic carbocycles. The highest BCUT2D eigenvalue weighted by Crippen LogP contribution is 2.33. The van der Waals surface area contributed by atoms with E-state index in [-0.39, 0.29) is 0 Å². The van der Waals surface area contributed by atoms with Crippen molar-refractivity contribution in [2.45, 2.75) is 26.3 Å². The number of hydrogen-bond acceptors (Lipinski definition) is 4. The lowest BCUT2D eigenvalue weighted by molar-refractivity contribution is 0.393. The van der Waals surface area contributed by atoms with Crippen molar-refractivity contribution in [3.8, 4) is 11.5 Å². The highest BCUT2D eigenvalue weighted by atomic mass is 16.5. The molecule has 130 valence electrons. The number of allylic oxidation sites excluding steroid dienone is 1. The first kappa shape index (κ1) is 17.2. The number of rotatable bonds is 4. The van der Waals surface area contributed by atoms with Crippen molar-refractivity contribution in [1.29, 1.82) is 0 Å². The van der Waals surface area contributed by atoms with E-state index in [0.717, 1.165) is 34.8 Å². The molecule has 4 heteroatoms. The molecule has 0 amide bonds. The fourth-order valence-corrected chi connectivity index (χ4v) is 3.28. The van der Waals surface area contributed by atoms with Gasteiger partial charge in [-0.05, 0) is 55.2 Å². The molecule has 25 heavy (non-hydrogen) atoms. The predicted octanol–water partition coefficient (Wildman–Crippen LogP) is 4.40. The summed E-state index contributed by atoms with van der Waals surface area (Å²) in [4.78, 5) is 9.17. The molecule has 2 unspecified atom stereocenters. The predicted molar refractivity (Wildman–Crippen MR) is 102 cm³/mol. The Kier molecular flexibility index (Phi) is 5.17. The molecule has 2 aromatic rings. The van der Waals surface area contributed by atoms with Crippen LogP contribution in [0.2, 0.25) is 0 Å². The molecule has 0 bridgehead atoms. The fraction of sp³-hybridized carbons (Fsp3) is 0.333. The first-order chi connectivity index (χ1) is 12.1. The molecule has 3 rings (SSSR count). The minimum absolute atomic E-state index is 0.306. The largest absolute Gasteiger partial charge is 0.497 e. The summed E-state index contributed by atoms with van der Waals surface area (Å²) in [6.45, 7) is 4.42. The summed E-state index contributed by atoms with van der Waals surface area (Å²) >= 11 is 0. The Morgan fingerprint density at radius 3 is 2.64 bits per heavy atom. The van der Waals surface area contributed by atoms with Crippen molar-refractivity contribution in [3.05, 3.63) is 59.4 Å². The van der Waals surface area contributed by atoms with Gasteiger partial charge in [0.1, 0.15) is 11.5 Å². The molecule has 0 saturated heterocycles. The van der Waals surface area contributed by atoms with Gasteiger partial charge in [0, 0.05) is 35.6 Å². The van der Waals surface area contributed by atoms with Crippen LogP contribution in [0.25, 0.3) is 6.08 Å². The van der Waals surface area contributed by atoms with E-state index in [1.165, 1.54) is 5.57 Å². The van der Waals surface area contributed by atoms with Gasteiger partial charge in [0.15, 0.2) is 0 Å². The summed E-state index contributed by atoms with van der Waals surface area (Å²) in [5, 5.41) is 0. The second kappa shape index (κ2) is 7.51. The van der Waals surface area contributed by atoms with Gasteiger partial charge in [0.2, 0.25) is 0 Å². The van der Waals surface area contributed by atoms with E-state index in [9.17, 15) is 0 Å². The number of hydrogen-bond donors (Lipinski definition) is 0. The minimum atomic E-state index is 0.306. The van der Waals surface area contributed by atoms with Gasteiger partial charge in [-0.1, -0.05) is 6.92 Å². The number of aromatic nitrogens is 1. The van der Waals surface area contributed by atoms with Gasteiger partial charge in [-0.3, -0.25) is 9.98 Å². The van der Waals surface area contributed by atoms with Crippen molar-refractivity contribution in [2.24, 2.45) is 10.9 Å². The normalized spacial score (nSPS) is 21.8. The number of methoxy groups -OCH3 is 2. The van der Waals surface area contributed by atoms with Crippen LogP contribution in [-0.2, 0) is 0 Å². The summed E-state index contributed by atoms with van der Waals surface area (Å²) in [6, 6.07) is 10.2. The summed E-state index contributed by atoms with van der Waals surface area (Å²) in [6.07, 6.45) is 6.88. The van der Waals surface area contributed by atoms with E-state index >= 15 is 0 Å². The van der Waals surface area contributed by atoms with E-state index in [1.807, 2.05) is 30.5 Å². The topological polar surface area (TPSA) is 43.7 Å². The maximum Gasteiger partial charge on any atom is 0.129 e. The van der Waals surface area contributed by atoms with E-state index in [4.69, 9.17) is 14.5 Å². The number of nitrogens with zero attached hydrogens (tertiary/aromatic N) is 2. The van der Waals surface area contributed by atoms with Crippen molar-refractivity contribution >= 4 is 11.8 Å². The molecule has 0 saturated carbocycles. The molecule has 0 radical (unpaired) electrons. The fourth-order valence-electron chi connectivity index (χ4n) is 3.28. The smallest absolute Gasteiger partial charge is 0.129 e. The Morgan fingerprint density at radius 2 is 1.96 bits per heavy atom. The molecule has 2 heterocycles. The van der Waals surface area contributed by atoms with Crippen LogP contribution >= 0.6 is 0 Å². The highest BCUT2D eigenvalue weighted by molar-refractivity contribution is 6.15. The van der Waals surface area contributed by atoms with Gasteiger partial charge in [-0.25, -0.2) is 0 Å². The van der Waals surface area contributed by atoms with E-state index < -0.39 is 0 Å². The van der Waals surface area contributed by atoms with Gasteiger partial charge >= 0.3 is 0 Å². The number of pyridine rings is 1.